The van der Waals surface area contributed by atoms with Crippen LogP contribution in [0.4, 0.5) is 5.82 Å². The first-order chi connectivity index (χ1) is 7.67. The summed E-state index contributed by atoms with van der Waals surface area (Å²) in [6, 6.07) is 1.99. The van der Waals surface area contributed by atoms with E-state index in [-0.39, 0.29) is 0 Å². The molecule has 1 aromatic rings. The number of nitrogens with one attached hydrogen (secondary N) is 1. The second kappa shape index (κ2) is 6.43. The molecule has 0 saturated heterocycles. The topological polar surface area (TPSA) is 47.0 Å². The molecule has 0 unspecified atom stereocenters. The van der Waals surface area contributed by atoms with E-state index in [1.807, 2.05) is 20.0 Å². The first-order valence-electron chi connectivity index (χ1n) is 5.80. The van der Waals surface area contributed by atoms with E-state index < -0.39 is 0 Å². The van der Waals surface area contributed by atoms with Crippen molar-refractivity contribution in [1.29, 1.82) is 0 Å². The van der Waals surface area contributed by atoms with Gasteiger partial charge in [0.25, 0.3) is 0 Å². The molecular formula is C12H21N3O. The Kier molecular flexibility index (Phi) is 5.19. The Morgan fingerprint density at radius 3 is 2.69 bits per heavy atom. The SMILES string of the molecule is CCOCCc1nc(NC)cc(C(C)C)n1. The van der Waals surface area contributed by atoms with E-state index in [1.165, 1.54) is 0 Å². The summed E-state index contributed by atoms with van der Waals surface area (Å²) in [5.41, 5.74) is 1.07. The van der Waals surface area contributed by atoms with E-state index in [0.717, 1.165) is 30.4 Å². The van der Waals surface area contributed by atoms with Crippen molar-refractivity contribution in [2.45, 2.75) is 33.1 Å². The standard InChI is InChI=1S/C12H21N3O/c1-5-16-7-6-11-14-10(9(2)3)8-12(13-4)15-11/h8-9H,5-7H2,1-4H3,(H,13,14,15). The minimum absolute atomic E-state index is 0.418. The molecule has 1 rings (SSSR count). The molecule has 1 heterocycles. The quantitative estimate of drug-likeness (QED) is 0.751. The van der Waals surface area contributed by atoms with Crippen LogP contribution < -0.4 is 5.32 Å². The Morgan fingerprint density at radius 1 is 1.38 bits per heavy atom. The lowest BCUT2D eigenvalue weighted by molar-refractivity contribution is 0.149. The largest absolute Gasteiger partial charge is 0.381 e. The summed E-state index contributed by atoms with van der Waals surface area (Å²) >= 11 is 0. The number of ether oxygens (including phenoxy) is 1. The highest BCUT2D eigenvalue weighted by Gasteiger charge is 2.06. The van der Waals surface area contributed by atoms with Crippen molar-refractivity contribution in [3.05, 3.63) is 17.6 Å². The fraction of sp³-hybridized carbons (Fsp3) is 0.667. The Bertz CT molecular complexity index is 326. The van der Waals surface area contributed by atoms with Crippen LogP contribution in [0.3, 0.4) is 0 Å². The monoisotopic (exact) mass is 223 g/mol. The van der Waals surface area contributed by atoms with Crippen molar-refractivity contribution in [3.8, 4) is 0 Å². The van der Waals surface area contributed by atoms with Gasteiger partial charge in [0.05, 0.1) is 6.61 Å². The van der Waals surface area contributed by atoms with Crippen molar-refractivity contribution in [2.75, 3.05) is 25.6 Å². The van der Waals surface area contributed by atoms with Gasteiger partial charge in [0, 0.05) is 31.8 Å². The third-order valence-corrected chi connectivity index (χ3v) is 2.31. The molecule has 90 valence electrons. The van der Waals surface area contributed by atoms with Crippen LogP contribution in [0.15, 0.2) is 6.07 Å². The molecule has 1 aromatic heterocycles. The Balaban J connectivity index is 2.78. The normalized spacial score (nSPS) is 10.8. The molecule has 0 fully saturated rings. The molecular weight excluding hydrogens is 202 g/mol. The number of anilines is 1. The fourth-order valence-electron chi connectivity index (χ4n) is 1.36. The predicted molar refractivity (Wildman–Crippen MR) is 65.9 cm³/mol. The van der Waals surface area contributed by atoms with Crippen LogP contribution in [0, 0.1) is 0 Å². The van der Waals surface area contributed by atoms with E-state index in [4.69, 9.17) is 4.74 Å². The van der Waals surface area contributed by atoms with Crippen LogP contribution in [0.1, 0.15) is 38.2 Å². The molecule has 0 bridgehead atoms. The molecule has 0 atom stereocenters. The summed E-state index contributed by atoms with van der Waals surface area (Å²) in [5, 5.41) is 3.06. The average molecular weight is 223 g/mol. The van der Waals surface area contributed by atoms with E-state index in [9.17, 15) is 0 Å². The van der Waals surface area contributed by atoms with Gasteiger partial charge in [-0.25, -0.2) is 9.97 Å². The molecule has 1 N–H and O–H groups in total. The van der Waals surface area contributed by atoms with Gasteiger partial charge in [-0.1, -0.05) is 13.8 Å². The first kappa shape index (κ1) is 12.9. The van der Waals surface area contributed by atoms with E-state index in [0.29, 0.717) is 12.5 Å². The third kappa shape index (κ3) is 3.77. The zero-order valence-electron chi connectivity index (χ0n) is 10.6. The molecule has 0 radical (unpaired) electrons. The molecule has 0 aromatic carbocycles. The lowest BCUT2D eigenvalue weighted by Crippen LogP contribution is -2.07. The lowest BCUT2D eigenvalue weighted by Gasteiger charge is -2.10. The zero-order valence-corrected chi connectivity index (χ0v) is 10.6. The summed E-state index contributed by atoms with van der Waals surface area (Å²) in [6.45, 7) is 7.68. The third-order valence-electron chi connectivity index (χ3n) is 2.31. The molecule has 0 amide bonds. The maximum absolute atomic E-state index is 5.31. The van der Waals surface area contributed by atoms with Gasteiger partial charge in [-0.15, -0.1) is 0 Å². The van der Waals surface area contributed by atoms with Crippen LogP contribution in [0.2, 0.25) is 0 Å². The smallest absolute Gasteiger partial charge is 0.133 e. The number of hydrogen-bond donors (Lipinski definition) is 1. The maximum atomic E-state index is 5.31. The molecule has 0 saturated carbocycles. The predicted octanol–water partition coefficient (Wildman–Crippen LogP) is 2.22. The van der Waals surface area contributed by atoms with Gasteiger partial charge in [0.15, 0.2) is 0 Å². The number of aromatic nitrogens is 2. The van der Waals surface area contributed by atoms with Crippen molar-refractivity contribution in [2.24, 2.45) is 0 Å². The van der Waals surface area contributed by atoms with Crippen molar-refractivity contribution in [3.63, 3.8) is 0 Å². The highest BCUT2D eigenvalue weighted by Crippen LogP contribution is 2.15. The Hall–Kier alpha value is -1.16. The molecule has 16 heavy (non-hydrogen) atoms. The van der Waals surface area contributed by atoms with Crippen LogP contribution in [0.25, 0.3) is 0 Å². The van der Waals surface area contributed by atoms with Crippen LogP contribution in [-0.2, 0) is 11.2 Å². The maximum Gasteiger partial charge on any atom is 0.133 e. The molecule has 4 nitrogen and oxygen atoms in total. The van der Waals surface area contributed by atoms with Crippen LogP contribution in [-0.4, -0.2) is 30.2 Å². The molecule has 0 aliphatic rings. The highest BCUT2D eigenvalue weighted by atomic mass is 16.5. The summed E-state index contributed by atoms with van der Waals surface area (Å²) < 4.78 is 5.31. The Morgan fingerprint density at radius 2 is 2.12 bits per heavy atom. The summed E-state index contributed by atoms with van der Waals surface area (Å²) in [5.74, 6) is 2.15. The Labute approximate surface area is 97.5 Å². The molecule has 0 aliphatic heterocycles. The van der Waals surface area contributed by atoms with E-state index in [1.54, 1.807) is 0 Å². The van der Waals surface area contributed by atoms with Gasteiger partial charge in [0.2, 0.25) is 0 Å². The van der Waals surface area contributed by atoms with Crippen molar-refractivity contribution >= 4 is 5.82 Å². The van der Waals surface area contributed by atoms with E-state index >= 15 is 0 Å². The van der Waals surface area contributed by atoms with Gasteiger partial charge in [-0.3, -0.25) is 0 Å². The lowest BCUT2D eigenvalue weighted by atomic mass is 10.1. The van der Waals surface area contributed by atoms with Gasteiger partial charge in [-0.05, 0) is 12.8 Å². The molecule has 0 spiro atoms. The summed E-state index contributed by atoms with van der Waals surface area (Å²) in [7, 11) is 1.87. The first-order valence-corrected chi connectivity index (χ1v) is 5.80. The van der Waals surface area contributed by atoms with Gasteiger partial charge >= 0.3 is 0 Å². The highest BCUT2D eigenvalue weighted by molar-refractivity contribution is 5.36. The van der Waals surface area contributed by atoms with Crippen LogP contribution >= 0.6 is 0 Å². The minimum Gasteiger partial charge on any atom is -0.381 e. The average Bonchev–Trinajstić information content (AvgIpc) is 2.29. The fourth-order valence-corrected chi connectivity index (χ4v) is 1.36. The zero-order chi connectivity index (χ0) is 12.0. The summed E-state index contributed by atoms with van der Waals surface area (Å²) in [4.78, 5) is 8.93. The van der Waals surface area contributed by atoms with Crippen molar-refractivity contribution < 1.29 is 4.74 Å². The van der Waals surface area contributed by atoms with Crippen molar-refractivity contribution in [1.82, 2.24) is 9.97 Å². The summed E-state index contributed by atoms with van der Waals surface area (Å²) in [6.07, 6.45) is 0.767. The second-order valence-corrected chi connectivity index (χ2v) is 3.95. The molecule has 4 heteroatoms. The van der Waals surface area contributed by atoms with Gasteiger partial charge in [0.1, 0.15) is 11.6 Å². The number of hydrogen-bond acceptors (Lipinski definition) is 4. The second-order valence-electron chi connectivity index (χ2n) is 3.95. The number of nitrogens with zero attached hydrogens (tertiary/aromatic N) is 2. The number of rotatable bonds is 6. The van der Waals surface area contributed by atoms with Gasteiger partial charge < -0.3 is 10.1 Å². The van der Waals surface area contributed by atoms with Crippen LogP contribution in [0.5, 0.6) is 0 Å². The molecule has 0 aliphatic carbocycles. The van der Waals surface area contributed by atoms with Gasteiger partial charge in [-0.2, -0.15) is 0 Å². The van der Waals surface area contributed by atoms with E-state index in [2.05, 4.69) is 29.1 Å². The minimum atomic E-state index is 0.418.